The van der Waals surface area contributed by atoms with E-state index in [2.05, 4.69) is 232 Å². The molecule has 0 saturated heterocycles. The summed E-state index contributed by atoms with van der Waals surface area (Å²) in [5.74, 6) is 2.86. The van der Waals surface area contributed by atoms with Gasteiger partial charge in [-0.1, -0.05) is 241 Å². The molecule has 0 saturated carbocycles. The van der Waals surface area contributed by atoms with Gasteiger partial charge in [-0.05, 0) is 183 Å². The first kappa shape index (κ1) is 96.6. The summed E-state index contributed by atoms with van der Waals surface area (Å²) in [5.41, 5.74) is 14.0. The van der Waals surface area contributed by atoms with Gasteiger partial charge in [0.2, 0.25) is 0 Å². The molecule has 5 aliphatic rings. The van der Waals surface area contributed by atoms with E-state index in [9.17, 15) is 9.13 Å². The predicted molar refractivity (Wildman–Crippen MR) is 514 cm³/mol. The molecule has 19 heteroatoms. The SMILES string of the molecule is CCC(C)CC1(OC)c2ccc[c-]c2-c2nccc3cccc1c23.COC1(c2ccc(OCC(C)C)c(OCC(C)C)c2)c2ccc[c-]c2-c2nccc3cccc1c23.CP1(=O)c2ccc[c-]c2-c2nccc3cccc1c23.O=P1(c2ccccc2)c2ccc[c-]c2-c2nccc3cccc1c23.[Ir].[Ir].[Ir].[Ir].[Ir].[c-]1cccc2c1-c1nccc3cccc(c13)P2c1ccccc1. The fraction of sp³-hybridized carbons (Fsp3) is 0.162. The van der Waals surface area contributed by atoms with Gasteiger partial charge in [-0.3, -0.25) is 0 Å². The average molecular weight is 2640 g/mol. The largest absolute Gasteiger partial charge is 0.489 e. The zero-order chi connectivity index (χ0) is 85.7. The average Bonchev–Trinajstić information content (AvgIpc) is 0.723. The van der Waals surface area contributed by atoms with Crippen LogP contribution in [0.5, 0.6) is 11.5 Å². The predicted octanol–water partition coefficient (Wildman–Crippen LogP) is 22.7. The standard InChI is InChI=1S/C31H32NO3.C22H22NO.C21H13NOP.C21H13NP.C16H11NOP.5Ir/c1-20(2)18-34-27-14-13-23(17-28(27)35-19-21(3)4)31(33-5)25-11-7-6-10-24(25)30-29-22(15-16-32-30)9-8-12-26(29)31;1-4-15(2)14-22(24-3)18-10-6-5-9-17(18)21-20-16(12-13-23-21)8-7-11-19(20)22;23-24(16-8-2-1-3-9-16)18-11-5-4-10-17(18)21-20-15(13-14-22-21)7-6-12-19(20)24;1-2-8-16(9-3-1)23-18-11-5-4-10-17(18)21-20-15(13-14-22-21)7-6-12-19(20)23;1-19(18)13-7-3-2-6-12(13)16-15-11(9-10-17-16)5-4-8-14(15)19;;;;;/h6-9,11-17,20-21H,18-19H2,1-5H3;5-8,10-13,15H,4,14H2,1-3H3;1-9,11-14H;1-9,11-14H;2-5,7-10H,1H3;;;;;/q5*-1;;;;;. The summed E-state index contributed by atoms with van der Waals surface area (Å²) in [6.07, 6.45) is 11.4. The number of nitrogens with zero attached hydrogens (tertiary/aromatic N) is 5. The van der Waals surface area contributed by atoms with Crippen molar-refractivity contribution in [2.45, 2.75) is 65.6 Å². The van der Waals surface area contributed by atoms with Crippen molar-refractivity contribution in [2.24, 2.45) is 17.8 Å². The van der Waals surface area contributed by atoms with Crippen LogP contribution in [0.25, 0.3) is 110 Å². The molecule has 2 aliphatic carbocycles. The van der Waals surface area contributed by atoms with E-state index in [1.54, 1.807) is 13.3 Å². The van der Waals surface area contributed by atoms with Gasteiger partial charge in [-0.2, -0.15) is 0 Å². The molecule has 0 fully saturated rings. The fourth-order valence-electron chi connectivity index (χ4n) is 18.8. The monoisotopic (exact) mass is 2650 g/mol. The minimum absolute atomic E-state index is 0. The Hall–Kier alpha value is -9.43. The van der Waals surface area contributed by atoms with Crippen molar-refractivity contribution < 1.29 is 129 Å². The Kier molecular flexibility index (Phi) is 30.4. The molecule has 8 heterocycles. The van der Waals surface area contributed by atoms with Crippen LogP contribution in [0.4, 0.5) is 0 Å². The summed E-state index contributed by atoms with van der Waals surface area (Å²) in [4.78, 5) is 23.2. The van der Waals surface area contributed by atoms with E-state index in [0.29, 0.717) is 31.0 Å². The molecule has 5 aromatic heterocycles. The molecule has 130 heavy (non-hydrogen) atoms. The van der Waals surface area contributed by atoms with Crippen LogP contribution in [-0.4, -0.2) is 59.0 Å². The quantitative estimate of drug-likeness (QED) is 0.0760. The number of methoxy groups -OCH3 is 2. The van der Waals surface area contributed by atoms with Crippen LogP contribution in [-0.2, 0) is 130 Å². The smallest absolute Gasteiger partial charge is 0.161 e. The Morgan fingerprint density at radius 1 is 0.369 bits per heavy atom. The summed E-state index contributed by atoms with van der Waals surface area (Å²) in [7, 11) is -2.45. The molecule has 5 radical (unpaired) electrons. The molecule has 0 N–H and O–H groups in total. The van der Waals surface area contributed by atoms with Gasteiger partial charge in [0.25, 0.3) is 0 Å². The Balaban J connectivity index is 0.000000132. The van der Waals surface area contributed by atoms with Crippen molar-refractivity contribution in [1.82, 2.24) is 24.9 Å². The minimum atomic E-state index is -2.94. The molecule has 18 aromatic rings. The number of rotatable bonds is 14. The van der Waals surface area contributed by atoms with E-state index >= 15 is 0 Å². The fourth-order valence-corrected chi connectivity index (χ4v) is 26.7. The number of fused-ring (bicyclic) bond motifs is 10. The number of hydrogen-bond acceptors (Lipinski definition) is 11. The third-order valence-corrected chi connectivity index (χ3v) is 32.8. The Morgan fingerprint density at radius 3 is 1.35 bits per heavy atom. The first-order valence-corrected chi connectivity index (χ1v) is 47.9. The van der Waals surface area contributed by atoms with Gasteiger partial charge < -0.3 is 53.0 Å². The first-order valence-electron chi connectivity index (χ1n) is 42.7. The van der Waals surface area contributed by atoms with Gasteiger partial charge in [0.15, 0.2) is 11.5 Å². The minimum Gasteiger partial charge on any atom is -0.489 e. The first-order chi connectivity index (χ1) is 61.1. The van der Waals surface area contributed by atoms with Gasteiger partial charge >= 0.3 is 0 Å². The van der Waals surface area contributed by atoms with E-state index in [4.69, 9.17) is 28.9 Å². The van der Waals surface area contributed by atoms with Crippen LogP contribution in [0.1, 0.15) is 82.2 Å². The second kappa shape index (κ2) is 41.0. The Bertz CT molecular complexity index is 7290. The second-order valence-corrected chi connectivity index (χ2v) is 40.8. The summed E-state index contributed by atoms with van der Waals surface area (Å²) < 4.78 is 52.8. The van der Waals surface area contributed by atoms with Crippen LogP contribution in [0.3, 0.4) is 0 Å². The number of benzene rings is 13. The molecular weight excluding hydrogens is 2550 g/mol. The molecule has 6 unspecified atom stereocenters. The van der Waals surface area contributed by atoms with Crippen molar-refractivity contribution in [3.63, 3.8) is 0 Å². The van der Waals surface area contributed by atoms with Gasteiger partial charge in [0, 0.05) is 162 Å². The van der Waals surface area contributed by atoms with Crippen molar-refractivity contribution in [3.05, 3.63) is 380 Å². The van der Waals surface area contributed by atoms with Crippen LogP contribution < -0.4 is 51.9 Å². The third kappa shape index (κ3) is 17.1. The van der Waals surface area contributed by atoms with Crippen molar-refractivity contribution in [3.8, 4) is 67.8 Å². The van der Waals surface area contributed by atoms with Gasteiger partial charge in [-0.15, -0.1) is 149 Å². The van der Waals surface area contributed by atoms with Crippen LogP contribution in [0.2, 0.25) is 0 Å². The van der Waals surface area contributed by atoms with Crippen LogP contribution in [0, 0.1) is 48.1 Å². The molecular formula is C111H91Ir5N5O6P3-5. The molecule has 23 rings (SSSR count). The van der Waals surface area contributed by atoms with Crippen LogP contribution >= 0.6 is 22.2 Å². The summed E-state index contributed by atoms with van der Waals surface area (Å²) in [6.45, 7) is 16.2. The maximum Gasteiger partial charge on any atom is 0.161 e. The molecule has 13 aromatic carbocycles. The molecule has 0 amide bonds. The Morgan fingerprint density at radius 2 is 0.785 bits per heavy atom. The molecule has 3 aliphatic heterocycles. The molecule has 661 valence electrons. The second-order valence-electron chi connectivity index (χ2n) is 33.2. The van der Waals surface area contributed by atoms with Crippen molar-refractivity contribution in [2.75, 3.05) is 34.1 Å². The maximum absolute atomic E-state index is 14.4. The van der Waals surface area contributed by atoms with Gasteiger partial charge in [0.05, 0.1) is 18.8 Å². The molecule has 6 atom stereocenters. The van der Waals surface area contributed by atoms with E-state index in [-0.39, 0.29) is 101 Å². The third-order valence-electron chi connectivity index (χ3n) is 24.6. The van der Waals surface area contributed by atoms with Gasteiger partial charge in [0.1, 0.15) is 19.9 Å². The van der Waals surface area contributed by atoms with Crippen LogP contribution in [0.15, 0.2) is 322 Å². The van der Waals surface area contributed by atoms with E-state index in [1.807, 2.05) is 184 Å². The Labute approximate surface area is 829 Å². The van der Waals surface area contributed by atoms with Crippen molar-refractivity contribution in [1.29, 1.82) is 0 Å². The number of aromatic nitrogens is 5. The molecule has 0 bridgehead atoms. The number of hydrogen-bond donors (Lipinski definition) is 0. The summed E-state index contributed by atoms with van der Waals surface area (Å²) >= 11 is 0. The topological polar surface area (TPSA) is 136 Å². The molecule has 11 nitrogen and oxygen atoms in total. The van der Waals surface area contributed by atoms with Gasteiger partial charge in [-0.25, -0.2) is 0 Å². The number of pyridine rings is 5. The summed E-state index contributed by atoms with van der Waals surface area (Å²) in [6, 6.07) is 115. The number of ether oxygens (including phenoxy) is 4. The maximum atomic E-state index is 14.4. The van der Waals surface area contributed by atoms with Crippen molar-refractivity contribution >= 4 is 119 Å². The van der Waals surface area contributed by atoms with E-state index in [0.717, 1.165) is 156 Å². The van der Waals surface area contributed by atoms with E-state index in [1.165, 1.54) is 48.6 Å². The zero-order valence-electron chi connectivity index (χ0n) is 72.9. The van der Waals surface area contributed by atoms with E-state index < -0.39 is 33.4 Å². The summed E-state index contributed by atoms with van der Waals surface area (Å²) in [5, 5.41) is 19.8. The normalized spacial score (nSPS) is 17.2. The zero-order valence-corrected chi connectivity index (χ0v) is 87.5. The molecule has 0 spiro atoms.